The number of hydrogen-bond donors (Lipinski definition) is 1. The first-order valence-electron chi connectivity index (χ1n) is 17.3. The molecule has 2 unspecified atom stereocenters. The Morgan fingerprint density at radius 1 is 0.725 bits per heavy atom. The number of Topliss-reactive ketones (excluding diaryl/α,β-unsaturated/α-hetero) is 1. The molecule has 0 aromatic rings. The predicted molar refractivity (Wildman–Crippen MR) is 169 cm³/mol. The number of likely N-dealkylation sites (tertiary alicyclic amines) is 1. The lowest BCUT2D eigenvalue weighted by molar-refractivity contribution is -0.120. The minimum absolute atomic E-state index is 0.00932. The second-order valence-corrected chi connectivity index (χ2v) is 13.8. The fourth-order valence-electron chi connectivity index (χ4n) is 5.79. The average Bonchev–Trinajstić information content (AvgIpc) is 3.45. The molecule has 6 nitrogen and oxygen atoms in total. The number of carbonyl (C=O) groups is 1. The van der Waals surface area contributed by atoms with E-state index in [1.807, 2.05) is 6.92 Å². The monoisotopic (exact) mass is 587 g/mol. The van der Waals surface area contributed by atoms with Crippen molar-refractivity contribution < 1.29 is 23.3 Å². The molecule has 7 heteroatoms. The van der Waals surface area contributed by atoms with Crippen LogP contribution in [0.5, 0.6) is 0 Å². The lowest BCUT2D eigenvalue weighted by atomic mass is 9.94. The Morgan fingerprint density at radius 3 is 1.77 bits per heavy atom. The highest BCUT2D eigenvalue weighted by molar-refractivity contribution is 7.47. The van der Waals surface area contributed by atoms with Crippen LogP contribution in [0, 0.1) is 5.92 Å². The van der Waals surface area contributed by atoms with Gasteiger partial charge < -0.3 is 9.79 Å². The Balaban J connectivity index is 2.09. The van der Waals surface area contributed by atoms with Crippen molar-refractivity contribution in [2.24, 2.45) is 5.92 Å². The zero-order valence-electron chi connectivity index (χ0n) is 26.6. The van der Waals surface area contributed by atoms with Gasteiger partial charge in [-0.15, -0.1) is 0 Å². The summed E-state index contributed by atoms with van der Waals surface area (Å²) in [5.74, 6) is 0.216. The SMILES string of the molecule is CCCCCCCCCCCCCCCCCCC(COP(=O)(O)OCCCCN1CCCC1)CC(=O)CCC. The number of ketones is 1. The van der Waals surface area contributed by atoms with Crippen molar-refractivity contribution in [2.75, 3.05) is 32.8 Å². The highest BCUT2D eigenvalue weighted by atomic mass is 31.2. The summed E-state index contributed by atoms with van der Waals surface area (Å²) in [6.45, 7) is 8.01. The van der Waals surface area contributed by atoms with E-state index in [2.05, 4.69) is 11.8 Å². The average molecular weight is 588 g/mol. The summed E-state index contributed by atoms with van der Waals surface area (Å²) in [6, 6.07) is 0. The van der Waals surface area contributed by atoms with Crippen LogP contribution in [0.1, 0.15) is 168 Å². The standard InChI is InChI=1S/C33H66NO5P/c1-3-5-6-7-8-9-10-11-12-13-14-15-16-17-18-19-25-32(30-33(35)24-4-2)31-39-40(36,37)38-29-23-22-28-34-26-20-21-27-34/h32H,3-31H2,1-2H3,(H,36,37). The van der Waals surface area contributed by atoms with E-state index in [9.17, 15) is 14.3 Å². The van der Waals surface area contributed by atoms with Gasteiger partial charge in [0, 0.05) is 12.8 Å². The molecule has 1 fully saturated rings. The Bertz CT molecular complexity index is 626. The minimum atomic E-state index is -4.07. The Kier molecular flexibility index (Phi) is 24.9. The molecule has 0 spiro atoms. The van der Waals surface area contributed by atoms with E-state index in [4.69, 9.17) is 9.05 Å². The van der Waals surface area contributed by atoms with Crippen LogP contribution in [0.15, 0.2) is 0 Å². The first-order valence-corrected chi connectivity index (χ1v) is 18.8. The highest BCUT2D eigenvalue weighted by Crippen LogP contribution is 2.44. The molecule has 2 atom stereocenters. The van der Waals surface area contributed by atoms with Crippen LogP contribution in [-0.4, -0.2) is 48.4 Å². The largest absolute Gasteiger partial charge is 0.472 e. The zero-order valence-corrected chi connectivity index (χ0v) is 27.5. The Hall–Kier alpha value is -0.260. The van der Waals surface area contributed by atoms with E-state index in [1.54, 1.807) is 0 Å². The molecule has 0 aromatic carbocycles. The first kappa shape index (κ1) is 37.8. The summed E-state index contributed by atoms with van der Waals surface area (Å²) < 4.78 is 23.0. The maximum absolute atomic E-state index is 12.4. The van der Waals surface area contributed by atoms with Crippen molar-refractivity contribution in [1.82, 2.24) is 4.90 Å². The van der Waals surface area contributed by atoms with Gasteiger partial charge in [-0.25, -0.2) is 4.57 Å². The third kappa shape index (κ3) is 23.3. The summed E-state index contributed by atoms with van der Waals surface area (Å²) in [7, 11) is -4.07. The third-order valence-corrected chi connectivity index (χ3v) is 9.29. The molecule has 1 N–H and O–H groups in total. The summed E-state index contributed by atoms with van der Waals surface area (Å²) in [6.07, 6.45) is 28.3. The van der Waals surface area contributed by atoms with Crippen LogP contribution in [-0.2, 0) is 18.4 Å². The smallest absolute Gasteiger partial charge is 0.303 e. The van der Waals surface area contributed by atoms with E-state index < -0.39 is 7.82 Å². The van der Waals surface area contributed by atoms with Gasteiger partial charge in [0.25, 0.3) is 0 Å². The molecule has 1 saturated heterocycles. The van der Waals surface area contributed by atoms with Gasteiger partial charge in [-0.05, 0) is 64.1 Å². The van der Waals surface area contributed by atoms with Crippen LogP contribution in [0.3, 0.4) is 0 Å². The molecule has 1 heterocycles. The Labute approximate surface area is 248 Å². The fraction of sp³-hybridized carbons (Fsp3) is 0.970. The topological polar surface area (TPSA) is 76.1 Å². The number of hydrogen-bond acceptors (Lipinski definition) is 5. The normalized spacial score (nSPS) is 16.4. The van der Waals surface area contributed by atoms with Gasteiger partial charge in [0.1, 0.15) is 5.78 Å². The molecule has 0 saturated carbocycles. The molecule has 0 bridgehead atoms. The molecule has 0 radical (unpaired) electrons. The second-order valence-electron chi connectivity index (χ2n) is 12.3. The van der Waals surface area contributed by atoms with Crippen molar-refractivity contribution in [3.63, 3.8) is 0 Å². The van der Waals surface area contributed by atoms with Gasteiger partial charge >= 0.3 is 7.82 Å². The van der Waals surface area contributed by atoms with Gasteiger partial charge in [-0.3, -0.25) is 13.8 Å². The molecule has 0 aromatic heterocycles. The number of phosphoric ester groups is 1. The lowest BCUT2D eigenvalue weighted by Crippen LogP contribution is -2.20. The van der Waals surface area contributed by atoms with E-state index >= 15 is 0 Å². The number of carbonyl (C=O) groups excluding carboxylic acids is 1. The Morgan fingerprint density at radius 2 is 1.25 bits per heavy atom. The second kappa shape index (κ2) is 26.4. The van der Waals surface area contributed by atoms with Crippen molar-refractivity contribution in [1.29, 1.82) is 0 Å². The molecule has 1 rings (SSSR count). The molecule has 0 amide bonds. The zero-order chi connectivity index (χ0) is 29.2. The first-order chi connectivity index (χ1) is 19.5. The molecule has 1 aliphatic heterocycles. The van der Waals surface area contributed by atoms with E-state index in [0.717, 1.165) is 45.1 Å². The summed E-state index contributed by atoms with van der Waals surface area (Å²) in [5.41, 5.74) is 0. The quantitative estimate of drug-likeness (QED) is 0.0666. The maximum atomic E-state index is 12.4. The predicted octanol–water partition coefficient (Wildman–Crippen LogP) is 10.0. The van der Waals surface area contributed by atoms with E-state index in [0.29, 0.717) is 12.8 Å². The van der Waals surface area contributed by atoms with Gasteiger partial charge in [-0.1, -0.05) is 117 Å². The van der Waals surface area contributed by atoms with E-state index in [1.165, 1.54) is 116 Å². The summed E-state index contributed by atoms with van der Waals surface area (Å²) >= 11 is 0. The van der Waals surface area contributed by atoms with E-state index in [-0.39, 0.29) is 24.9 Å². The van der Waals surface area contributed by atoms with Crippen LogP contribution in [0.2, 0.25) is 0 Å². The number of nitrogens with zero attached hydrogens (tertiary/aromatic N) is 1. The van der Waals surface area contributed by atoms with Crippen LogP contribution < -0.4 is 0 Å². The third-order valence-electron chi connectivity index (χ3n) is 8.31. The lowest BCUT2D eigenvalue weighted by Gasteiger charge is -2.19. The summed E-state index contributed by atoms with van der Waals surface area (Å²) in [5, 5.41) is 0. The van der Waals surface area contributed by atoms with Gasteiger partial charge in [0.15, 0.2) is 0 Å². The van der Waals surface area contributed by atoms with Crippen molar-refractivity contribution >= 4 is 13.6 Å². The number of unbranched alkanes of at least 4 members (excludes halogenated alkanes) is 16. The van der Waals surface area contributed by atoms with Gasteiger partial charge in [0.05, 0.1) is 13.2 Å². The molecular formula is C33H66NO5P. The fourth-order valence-corrected chi connectivity index (χ4v) is 6.62. The minimum Gasteiger partial charge on any atom is -0.303 e. The van der Waals surface area contributed by atoms with Gasteiger partial charge in [0.2, 0.25) is 0 Å². The molecule has 238 valence electrons. The van der Waals surface area contributed by atoms with Crippen molar-refractivity contribution in [2.45, 2.75) is 168 Å². The van der Waals surface area contributed by atoms with Crippen molar-refractivity contribution in [3.05, 3.63) is 0 Å². The highest BCUT2D eigenvalue weighted by Gasteiger charge is 2.24. The number of rotatable bonds is 30. The number of phosphoric acid groups is 1. The molecule has 1 aliphatic rings. The molecular weight excluding hydrogens is 521 g/mol. The van der Waals surface area contributed by atoms with Gasteiger partial charge in [-0.2, -0.15) is 0 Å². The maximum Gasteiger partial charge on any atom is 0.472 e. The summed E-state index contributed by atoms with van der Waals surface area (Å²) in [4.78, 5) is 24.9. The molecule has 40 heavy (non-hydrogen) atoms. The van der Waals surface area contributed by atoms with Crippen molar-refractivity contribution in [3.8, 4) is 0 Å². The van der Waals surface area contributed by atoms with Crippen LogP contribution in [0.4, 0.5) is 0 Å². The van der Waals surface area contributed by atoms with Crippen LogP contribution >= 0.6 is 7.82 Å². The molecule has 0 aliphatic carbocycles. The van der Waals surface area contributed by atoms with Crippen LogP contribution in [0.25, 0.3) is 0 Å².